The molecule has 1 fully saturated rings. The van der Waals surface area contributed by atoms with Gasteiger partial charge in [0.05, 0.1) is 21.3 Å². The molecule has 9 heteroatoms. The Morgan fingerprint density at radius 1 is 1.20 bits per heavy atom. The molecule has 1 amide bonds. The number of benzene rings is 1. The van der Waals surface area contributed by atoms with Crippen LogP contribution in [0.15, 0.2) is 12.1 Å². The van der Waals surface area contributed by atoms with E-state index in [0.717, 1.165) is 24.5 Å². The maximum absolute atomic E-state index is 12.5. The lowest BCUT2D eigenvalue weighted by atomic mass is 10.1. The first kappa shape index (κ1) is 17.4. The zero-order valence-electron chi connectivity index (χ0n) is 14.2. The molecule has 1 aliphatic heterocycles. The molecule has 0 bridgehead atoms. The Balaban J connectivity index is 1.79. The van der Waals surface area contributed by atoms with E-state index in [0.29, 0.717) is 27.9 Å². The van der Waals surface area contributed by atoms with Gasteiger partial charge in [-0.05, 0) is 25.0 Å². The minimum Gasteiger partial charge on any atom is -0.493 e. The number of aromatic nitrogens is 2. The van der Waals surface area contributed by atoms with Crippen molar-refractivity contribution < 1.29 is 23.7 Å². The van der Waals surface area contributed by atoms with Crippen molar-refractivity contribution in [2.75, 3.05) is 33.3 Å². The number of methoxy groups -OCH3 is 3. The van der Waals surface area contributed by atoms with Crippen molar-refractivity contribution in [1.29, 1.82) is 0 Å². The summed E-state index contributed by atoms with van der Waals surface area (Å²) in [5.74, 6) is 0.904. The van der Waals surface area contributed by atoms with Crippen LogP contribution in [0.1, 0.15) is 34.3 Å². The van der Waals surface area contributed by atoms with Gasteiger partial charge < -0.3 is 18.9 Å². The Labute approximate surface area is 149 Å². The lowest BCUT2D eigenvalue weighted by molar-refractivity contribution is 0.102. The molecule has 1 aromatic carbocycles. The summed E-state index contributed by atoms with van der Waals surface area (Å²) in [7, 11) is 4.50. The second kappa shape index (κ2) is 7.66. The van der Waals surface area contributed by atoms with E-state index in [2.05, 4.69) is 15.5 Å². The first-order chi connectivity index (χ1) is 12.2. The van der Waals surface area contributed by atoms with Gasteiger partial charge in [0.25, 0.3) is 5.91 Å². The minimum absolute atomic E-state index is 0.0238. The summed E-state index contributed by atoms with van der Waals surface area (Å²) in [6, 6.07) is 3.16. The highest BCUT2D eigenvalue weighted by Crippen LogP contribution is 2.38. The molecule has 2 aromatic rings. The molecule has 1 aliphatic rings. The van der Waals surface area contributed by atoms with Crippen LogP contribution < -0.4 is 19.5 Å². The maximum Gasteiger partial charge on any atom is 0.257 e. The van der Waals surface area contributed by atoms with Crippen molar-refractivity contribution in [2.24, 2.45) is 0 Å². The second-order valence-electron chi connectivity index (χ2n) is 5.32. The highest BCUT2D eigenvalue weighted by Gasteiger charge is 2.23. The SMILES string of the molecule is COc1cc(C(=O)Nc2nnc(C3CCCO3)s2)cc(OC)c1OC. The Morgan fingerprint density at radius 3 is 2.48 bits per heavy atom. The van der Waals surface area contributed by atoms with Gasteiger partial charge in [-0.3, -0.25) is 10.1 Å². The number of ether oxygens (including phenoxy) is 4. The van der Waals surface area contributed by atoms with E-state index in [1.165, 1.54) is 32.7 Å². The van der Waals surface area contributed by atoms with Gasteiger partial charge in [0.2, 0.25) is 10.9 Å². The molecule has 1 unspecified atom stereocenters. The van der Waals surface area contributed by atoms with Crippen LogP contribution in [-0.4, -0.2) is 44.0 Å². The topological polar surface area (TPSA) is 91.8 Å². The van der Waals surface area contributed by atoms with Crippen LogP contribution in [0.4, 0.5) is 5.13 Å². The van der Waals surface area contributed by atoms with Crippen molar-refractivity contribution >= 4 is 22.4 Å². The number of anilines is 1. The summed E-state index contributed by atoms with van der Waals surface area (Å²) in [5.41, 5.74) is 0.364. The van der Waals surface area contributed by atoms with E-state index < -0.39 is 0 Å². The van der Waals surface area contributed by atoms with E-state index in [9.17, 15) is 4.79 Å². The number of nitrogens with one attached hydrogen (secondary N) is 1. The van der Waals surface area contributed by atoms with Crippen LogP contribution in [0.25, 0.3) is 0 Å². The fraction of sp³-hybridized carbons (Fsp3) is 0.438. The van der Waals surface area contributed by atoms with E-state index in [1.807, 2.05) is 0 Å². The molecule has 3 rings (SSSR count). The van der Waals surface area contributed by atoms with Crippen LogP contribution in [0.3, 0.4) is 0 Å². The monoisotopic (exact) mass is 365 g/mol. The number of hydrogen-bond donors (Lipinski definition) is 1. The Hall–Kier alpha value is -2.39. The van der Waals surface area contributed by atoms with E-state index in [4.69, 9.17) is 18.9 Å². The Kier molecular flexibility index (Phi) is 5.34. The molecule has 25 heavy (non-hydrogen) atoms. The third-order valence-corrected chi connectivity index (χ3v) is 4.72. The van der Waals surface area contributed by atoms with Crippen LogP contribution in [-0.2, 0) is 4.74 Å². The fourth-order valence-corrected chi connectivity index (χ4v) is 3.39. The van der Waals surface area contributed by atoms with Gasteiger partial charge in [-0.25, -0.2) is 0 Å². The molecule has 0 spiro atoms. The Morgan fingerprint density at radius 2 is 1.92 bits per heavy atom. The normalized spacial score (nSPS) is 16.5. The van der Waals surface area contributed by atoms with Crippen molar-refractivity contribution in [3.05, 3.63) is 22.7 Å². The number of nitrogens with zero attached hydrogens (tertiary/aromatic N) is 2. The number of carbonyl (C=O) groups is 1. The molecule has 1 aromatic heterocycles. The fourth-order valence-electron chi connectivity index (χ4n) is 2.57. The summed E-state index contributed by atoms with van der Waals surface area (Å²) < 4.78 is 21.4. The maximum atomic E-state index is 12.5. The van der Waals surface area contributed by atoms with Gasteiger partial charge in [-0.2, -0.15) is 0 Å². The summed E-state index contributed by atoms with van der Waals surface area (Å²) in [5, 5.41) is 12.1. The number of hydrogen-bond acceptors (Lipinski definition) is 8. The summed E-state index contributed by atoms with van der Waals surface area (Å²) in [4.78, 5) is 12.5. The van der Waals surface area contributed by atoms with Crippen LogP contribution in [0.5, 0.6) is 17.2 Å². The molecule has 134 valence electrons. The van der Waals surface area contributed by atoms with Crippen LogP contribution >= 0.6 is 11.3 Å². The molecule has 0 saturated carbocycles. The van der Waals surface area contributed by atoms with Crippen molar-refractivity contribution in [1.82, 2.24) is 10.2 Å². The third-order valence-electron chi connectivity index (χ3n) is 3.79. The molecule has 1 atom stereocenters. The standard InChI is InChI=1S/C16H19N3O5S/c1-21-11-7-9(8-12(22-2)13(11)23-3)14(20)17-16-19-18-15(25-16)10-5-4-6-24-10/h7-8,10H,4-6H2,1-3H3,(H,17,19,20). The first-order valence-electron chi connectivity index (χ1n) is 7.72. The highest BCUT2D eigenvalue weighted by molar-refractivity contribution is 7.15. The number of rotatable bonds is 6. The lowest BCUT2D eigenvalue weighted by Gasteiger charge is -2.13. The zero-order chi connectivity index (χ0) is 17.8. The van der Waals surface area contributed by atoms with Gasteiger partial charge in [0, 0.05) is 12.2 Å². The molecule has 0 aliphatic carbocycles. The zero-order valence-corrected chi connectivity index (χ0v) is 15.0. The smallest absolute Gasteiger partial charge is 0.257 e. The predicted octanol–water partition coefficient (Wildman–Crippen LogP) is 2.67. The van der Waals surface area contributed by atoms with Crippen LogP contribution in [0, 0.1) is 0 Å². The average Bonchev–Trinajstić information content (AvgIpc) is 3.31. The predicted molar refractivity (Wildman–Crippen MR) is 91.9 cm³/mol. The van der Waals surface area contributed by atoms with Crippen molar-refractivity contribution in [2.45, 2.75) is 18.9 Å². The van der Waals surface area contributed by atoms with Gasteiger partial charge in [0.1, 0.15) is 11.1 Å². The molecular formula is C16H19N3O5S. The van der Waals surface area contributed by atoms with Gasteiger partial charge in [-0.15, -0.1) is 10.2 Å². The molecular weight excluding hydrogens is 346 g/mol. The van der Waals surface area contributed by atoms with E-state index in [-0.39, 0.29) is 12.0 Å². The molecule has 1 N–H and O–H groups in total. The van der Waals surface area contributed by atoms with Gasteiger partial charge in [-0.1, -0.05) is 11.3 Å². The quantitative estimate of drug-likeness (QED) is 0.841. The highest BCUT2D eigenvalue weighted by atomic mass is 32.1. The van der Waals surface area contributed by atoms with Gasteiger partial charge in [0.15, 0.2) is 11.5 Å². The number of carbonyl (C=O) groups excluding carboxylic acids is 1. The molecule has 1 saturated heterocycles. The number of amides is 1. The molecule has 2 heterocycles. The van der Waals surface area contributed by atoms with Crippen molar-refractivity contribution in [3.8, 4) is 17.2 Å². The van der Waals surface area contributed by atoms with E-state index >= 15 is 0 Å². The lowest BCUT2D eigenvalue weighted by Crippen LogP contribution is -2.12. The van der Waals surface area contributed by atoms with Crippen molar-refractivity contribution in [3.63, 3.8) is 0 Å². The van der Waals surface area contributed by atoms with Gasteiger partial charge >= 0.3 is 0 Å². The van der Waals surface area contributed by atoms with Crippen LogP contribution in [0.2, 0.25) is 0 Å². The largest absolute Gasteiger partial charge is 0.493 e. The summed E-state index contributed by atoms with van der Waals surface area (Å²) in [6.07, 6.45) is 1.91. The minimum atomic E-state index is -0.339. The summed E-state index contributed by atoms with van der Waals surface area (Å²) >= 11 is 1.31. The first-order valence-corrected chi connectivity index (χ1v) is 8.54. The Bertz CT molecular complexity index is 733. The summed E-state index contributed by atoms with van der Waals surface area (Å²) in [6.45, 7) is 0.734. The second-order valence-corrected chi connectivity index (χ2v) is 6.32. The van der Waals surface area contributed by atoms with E-state index in [1.54, 1.807) is 12.1 Å². The molecule has 0 radical (unpaired) electrons. The third kappa shape index (κ3) is 3.67. The average molecular weight is 365 g/mol. The molecule has 8 nitrogen and oxygen atoms in total.